The van der Waals surface area contributed by atoms with Gasteiger partial charge in [-0.1, -0.05) is 46.8 Å². The molecule has 0 aliphatic carbocycles. The van der Waals surface area contributed by atoms with E-state index in [2.05, 4.69) is 31.0 Å². The van der Waals surface area contributed by atoms with Crippen molar-refractivity contribution in [3.63, 3.8) is 0 Å². The van der Waals surface area contributed by atoms with E-state index in [4.69, 9.17) is 16.3 Å². The number of hydrogen-bond acceptors (Lipinski definition) is 11. The van der Waals surface area contributed by atoms with Crippen LogP contribution < -0.4 is 15.4 Å². The number of methoxy groups -OCH3 is 1. The zero-order valence-corrected chi connectivity index (χ0v) is 22.3. The molecule has 0 bridgehead atoms. The van der Waals surface area contributed by atoms with Gasteiger partial charge >= 0.3 is 0 Å². The minimum Gasteiger partial charge on any atom is -0.495 e. The minimum atomic E-state index is -0.663. The number of amides is 2. The van der Waals surface area contributed by atoms with Crippen molar-refractivity contribution in [3.05, 3.63) is 74.0 Å². The van der Waals surface area contributed by atoms with Crippen molar-refractivity contribution in [2.45, 2.75) is 18.6 Å². The van der Waals surface area contributed by atoms with Crippen LogP contribution in [0.3, 0.4) is 0 Å². The summed E-state index contributed by atoms with van der Waals surface area (Å²) in [5.41, 5.74) is 0.272. The topological polar surface area (TPSA) is 167 Å². The number of halogens is 1. The van der Waals surface area contributed by atoms with E-state index in [9.17, 15) is 19.7 Å². The maximum Gasteiger partial charge on any atom is 0.288 e. The van der Waals surface area contributed by atoms with Crippen LogP contribution in [0, 0.1) is 17.0 Å². The van der Waals surface area contributed by atoms with Gasteiger partial charge in [0.2, 0.25) is 11.0 Å². The Morgan fingerprint density at radius 1 is 1.18 bits per heavy atom. The van der Waals surface area contributed by atoms with Gasteiger partial charge in [-0.3, -0.25) is 29.6 Å². The number of nitrogens with zero attached hydrogens (tertiary/aromatic N) is 6. The Kier molecular flexibility index (Phi) is 8.50. The molecule has 0 radical (unpaired) electrons. The van der Waals surface area contributed by atoms with Crippen molar-refractivity contribution < 1.29 is 19.2 Å². The average Bonchev–Trinajstić information content (AvgIpc) is 3.51. The lowest BCUT2D eigenvalue weighted by atomic mass is 10.2. The molecular formula is C22H19ClN8O5S2. The Morgan fingerprint density at radius 2 is 1.97 bits per heavy atom. The number of carbonyl (C=O) groups is 2. The van der Waals surface area contributed by atoms with Crippen molar-refractivity contribution in [1.82, 2.24) is 30.3 Å². The number of nitro groups is 1. The predicted octanol–water partition coefficient (Wildman–Crippen LogP) is 3.66. The number of aromatic nitrogens is 5. The van der Waals surface area contributed by atoms with E-state index in [0.717, 1.165) is 22.8 Å². The second kappa shape index (κ2) is 12.0. The first kappa shape index (κ1) is 27.0. The molecule has 2 amide bonds. The second-order valence-electron chi connectivity index (χ2n) is 7.48. The van der Waals surface area contributed by atoms with Gasteiger partial charge in [0, 0.05) is 11.6 Å². The van der Waals surface area contributed by atoms with Crippen molar-refractivity contribution >= 4 is 57.3 Å². The summed E-state index contributed by atoms with van der Waals surface area (Å²) in [7, 11) is 1.52. The number of hydrogen-bond donors (Lipinski definition) is 2. The molecular weight excluding hydrogens is 556 g/mol. The Hall–Kier alpha value is -4.08. The number of nitrogens with one attached hydrogen (secondary N) is 2. The third kappa shape index (κ3) is 6.24. The summed E-state index contributed by atoms with van der Waals surface area (Å²) in [5, 5.41) is 34.1. The highest BCUT2D eigenvalue weighted by Gasteiger charge is 2.21. The van der Waals surface area contributed by atoms with E-state index < -0.39 is 10.8 Å². The largest absolute Gasteiger partial charge is 0.495 e. The van der Waals surface area contributed by atoms with Crippen LogP contribution in [0.5, 0.6) is 5.75 Å². The van der Waals surface area contributed by atoms with Gasteiger partial charge in [-0.15, -0.1) is 20.4 Å². The SMILES string of the molecule is COc1ccccc1-n1c(CNC(=O)c2ccc(Cl)c([N+](=O)[O-])c2)nnc1SCC(=O)Nc1nnc(C)s1. The van der Waals surface area contributed by atoms with Crippen LogP contribution >= 0.6 is 34.7 Å². The van der Waals surface area contributed by atoms with Gasteiger partial charge in [0.1, 0.15) is 15.8 Å². The molecule has 0 aliphatic heterocycles. The molecule has 196 valence electrons. The summed E-state index contributed by atoms with van der Waals surface area (Å²) >= 11 is 8.23. The fraction of sp³-hybridized carbons (Fsp3) is 0.182. The van der Waals surface area contributed by atoms with Gasteiger partial charge in [0.05, 0.1) is 30.0 Å². The normalized spacial score (nSPS) is 10.7. The Bertz CT molecular complexity index is 1510. The number of thioether (sulfide) groups is 1. The second-order valence-corrected chi connectivity index (χ2v) is 10.0. The standard InChI is InChI=1S/C22H19ClN8O5S2/c1-12-26-28-21(38-12)25-19(32)11-37-22-29-27-18(30(22)15-5-3-4-6-17(15)36-2)10-24-20(33)13-7-8-14(23)16(9-13)31(34)35/h3-9H,10-11H2,1-2H3,(H,24,33)(H,25,28,32). The molecule has 0 spiro atoms. The van der Waals surface area contributed by atoms with E-state index in [1.807, 2.05) is 0 Å². The summed E-state index contributed by atoms with van der Waals surface area (Å²) in [5.74, 6) is -0.00909. The highest BCUT2D eigenvalue weighted by atomic mass is 35.5. The van der Waals surface area contributed by atoms with Gasteiger partial charge in [-0.25, -0.2) is 0 Å². The van der Waals surface area contributed by atoms with Crippen LogP contribution in [-0.4, -0.2) is 54.6 Å². The molecule has 0 saturated heterocycles. The van der Waals surface area contributed by atoms with Crippen molar-refractivity contribution in [2.24, 2.45) is 0 Å². The van der Waals surface area contributed by atoms with E-state index in [-0.39, 0.29) is 34.5 Å². The molecule has 2 aromatic carbocycles. The first-order valence-corrected chi connectivity index (χ1v) is 13.0. The van der Waals surface area contributed by atoms with Crippen LogP contribution in [0.2, 0.25) is 5.02 Å². The quantitative estimate of drug-likeness (QED) is 0.162. The molecule has 38 heavy (non-hydrogen) atoms. The molecule has 0 fully saturated rings. The fourth-order valence-electron chi connectivity index (χ4n) is 3.25. The number of ether oxygens (including phenoxy) is 1. The Labute approximate surface area is 228 Å². The van der Waals surface area contributed by atoms with Crippen LogP contribution in [0.1, 0.15) is 21.2 Å². The summed E-state index contributed by atoms with van der Waals surface area (Å²) in [6.07, 6.45) is 0. The van der Waals surface area contributed by atoms with Gasteiger partial charge in [0.15, 0.2) is 11.0 Å². The molecule has 2 N–H and O–H groups in total. The first-order valence-electron chi connectivity index (χ1n) is 10.8. The molecule has 0 unspecified atom stereocenters. The van der Waals surface area contributed by atoms with Crippen LogP contribution in [0.25, 0.3) is 5.69 Å². The highest BCUT2D eigenvalue weighted by Crippen LogP contribution is 2.29. The molecule has 0 aliphatic rings. The van der Waals surface area contributed by atoms with E-state index in [1.165, 1.54) is 30.6 Å². The molecule has 2 aromatic heterocycles. The predicted molar refractivity (Wildman–Crippen MR) is 141 cm³/mol. The zero-order chi connectivity index (χ0) is 27.2. The maximum absolute atomic E-state index is 12.7. The van der Waals surface area contributed by atoms with Crippen molar-refractivity contribution in [1.29, 1.82) is 0 Å². The molecule has 0 atom stereocenters. The van der Waals surface area contributed by atoms with Crippen LogP contribution in [0.15, 0.2) is 47.6 Å². The van der Waals surface area contributed by atoms with Crippen LogP contribution in [0.4, 0.5) is 10.8 Å². The minimum absolute atomic E-state index is 0.00666. The summed E-state index contributed by atoms with van der Waals surface area (Å²) in [6, 6.07) is 10.9. The number of para-hydroxylation sites is 2. The number of anilines is 1. The number of aryl methyl sites for hydroxylation is 1. The van der Waals surface area contributed by atoms with Gasteiger partial charge in [-0.05, 0) is 31.2 Å². The fourth-order valence-corrected chi connectivity index (χ4v) is 4.81. The number of benzene rings is 2. The summed E-state index contributed by atoms with van der Waals surface area (Å²) in [4.78, 5) is 35.7. The third-order valence-corrected chi connectivity index (χ3v) is 6.95. The van der Waals surface area contributed by atoms with Gasteiger partial charge < -0.3 is 10.1 Å². The van der Waals surface area contributed by atoms with Crippen molar-refractivity contribution in [2.75, 3.05) is 18.2 Å². The monoisotopic (exact) mass is 574 g/mol. The Balaban J connectivity index is 1.55. The van der Waals surface area contributed by atoms with E-state index in [1.54, 1.807) is 35.8 Å². The summed E-state index contributed by atoms with van der Waals surface area (Å²) < 4.78 is 7.15. The van der Waals surface area contributed by atoms with E-state index in [0.29, 0.717) is 27.5 Å². The smallest absolute Gasteiger partial charge is 0.288 e. The number of carbonyl (C=O) groups excluding carboxylic acids is 2. The van der Waals surface area contributed by atoms with Crippen molar-refractivity contribution in [3.8, 4) is 11.4 Å². The third-order valence-electron chi connectivity index (χ3n) is 4.94. The lowest BCUT2D eigenvalue weighted by molar-refractivity contribution is -0.384. The molecule has 0 saturated carbocycles. The molecule has 4 rings (SSSR count). The van der Waals surface area contributed by atoms with Gasteiger partial charge in [0.25, 0.3) is 11.6 Å². The number of nitro benzene ring substituents is 1. The number of rotatable bonds is 10. The highest BCUT2D eigenvalue weighted by molar-refractivity contribution is 7.99. The lowest BCUT2D eigenvalue weighted by Gasteiger charge is -2.14. The van der Waals surface area contributed by atoms with Gasteiger partial charge in [-0.2, -0.15) is 0 Å². The van der Waals surface area contributed by atoms with Crippen LogP contribution in [-0.2, 0) is 11.3 Å². The average molecular weight is 575 g/mol. The molecule has 13 nitrogen and oxygen atoms in total. The first-order chi connectivity index (χ1) is 18.3. The summed E-state index contributed by atoms with van der Waals surface area (Å²) in [6.45, 7) is 1.71. The molecule has 2 heterocycles. The molecule has 16 heteroatoms. The lowest BCUT2D eigenvalue weighted by Crippen LogP contribution is -2.25. The maximum atomic E-state index is 12.7. The Morgan fingerprint density at radius 3 is 2.68 bits per heavy atom. The van der Waals surface area contributed by atoms with E-state index >= 15 is 0 Å². The molecule has 4 aromatic rings. The zero-order valence-electron chi connectivity index (χ0n) is 19.9.